The summed E-state index contributed by atoms with van der Waals surface area (Å²) in [6, 6.07) is 16.4. The standard InChI is InChI=1S/C24H22N4O4/c1-4-31-24(29)16-5-9-17(10-6-16)28-23-20(14(2)27-28)21(19(13-25)22(26)32-23)15-7-11-18(30-3)12-8-15/h5-12,22H,4,26H2,1-3H3. The second kappa shape index (κ2) is 8.57. The number of carbonyl (C=O) groups is 1. The summed E-state index contributed by atoms with van der Waals surface area (Å²) in [5, 5.41) is 14.4. The van der Waals surface area contributed by atoms with Gasteiger partial charge in [-0.3, -0.25) is 5.73 Å². The number of benzene rings is 2. The van der Waals surface area contributed by atoms with Crippen molar-refractivity contribution >= 4 is 11.5 Å². The highest BCUT2D eigenvalue weighted by Crippen LogP contribution is 2.42. The summed E-state index contributed by atoms with van der Waals surface area (Å²) in [5.41, 5.74) is 10.5. The van der Waals surface area contributed by atoms with E-state index in [0.717, 1.165) is 5.56 Å². The number of ether oxygens (including phenoxy) is 3. The fourth-order valence-electron chi connectivity index (χ4n) is 3.66. The van der Waals surface area contributed by atoms with Crippen molar-refractivity contribution in [1.29, 1.82) is 5.26 Å². The lowest BCUT2D eigenvalue weighted by Gasteiger charge is -2.25. The molecule has 3 aromatic rings. The third-order valence-electron chi connectivity index (χ3n) is 5.18. The van der Waals surface area contributed by atoms with Crippen molar-refractivity contribution in [2.75, 3.05) is 13.7 Å². The molecule has 0 spiro atoms. The molecule has 0 saturated carbocycles. The zero-order chi connectivity index (χ0) is 22.8. The van der Waals surface area contributed by atoms with Crippen LogP contribution in [-0.4, -0.2) is 35.7 Å². The number of nitriles is 1. The molecule has 2 heterocycles. The molecule has 8 nitrogen and oxygen atoms in total. The molecule has 4 rings (SSSR count). The van der Waals surface area contributed by atoms with Gasteiger partial charge in [0.1, 0.15) is 11.8 Å². The number of hydrogen-bond acceptors (Lipinski definition) is 7. The van der Waals surface area contributed by atoms with Crippen LogP contribution in [-0.2, 0) is 4.74 Å². The number of esters is 1. The zero-order valence-electron chi connectivity index (χ0n) is 18.0. The quantitative estimate of drug-likeness (QED) is 0.618. The van der Waals surface area contributed by atoms with E-state index in [9.17, 15) is 10.1 Å². The molecule has 0 radical (unpaired) electrons. The molecule has 1 aromatic heterocycles. The van der Waals surface area contributed by atoms with Gasteiger partial charge in [-0.2, -0.15) is 10.4 Å². The van der Waals surface area contributed by atoms with Crippen LogP contribution in [0.4, 0.5) is 0 Å². The second-order valence-electron chi connectivity index (χ2n) is 7.11. The predicted molar refractivity (Wildman–Crippen MR) is 117 cm³/mol. The van der Waals surface area contributed by atoms with Gasteiger partial charge in [-0.1, -0.05) is 12.1 Å². The monoisotopic (exact) mass is 430 g/mol. The number of hydrogen-bond donors (Lipinski definition) is 1. The summed E-state index contributed by atoms with van der Waals surface area (Å²) in [6.07, 6.45) is -0.946. The highest BCUT2D eigenvalue weighted by Gasteiger charge is 2.33. The lowest BCUT2D eigenvalue weighted by Crippen LogP contribution is -2.33. The molecule has 1 atom stereocenters. The Kier molecular flexibility index (Phi) is 5.67. The van der Waals surface area contributed by atoms with Gasteiger partial charge in [0.15, 0.2) is 6.23 Å². The van der Waals surface area contributed by atoms with Gasteiger partial charge >= 0.3 is 5.97 Å². The van der Waals surface area contributed by atoms with Gasteiger partial charge in [0.05, 0.1) is 41.8 Å². The Morgan fingerprint density at radius 2 is 1.91 bits per heavy atom. The molecule has 1 unspecified atom stereocenters. The first-order chi connectivity index (χ1) is 15.5. The first-order valence-electron chi connectivity index (χ1n) is 10.1. The molecule has 2 N–H and O–H groups in total. The highest BCUT2D eigenvalue weighted by molar-refractivity contribution is 5.90. The Labute approximate surface area is 185 Å². The van der Waals surface area contributed by atoms with Crippen LogP contribution < -0.4 is 15.2 Å². The number of carbonyl (C=O) groups excluding carboxylic acids is 1. The molecular formula is C24H22N4O4. The van der Waals surface area contributed by atoms with Gasteiger partial charge < -0.3 is 14.2 Å². The van der Waals surface area contributed by atoms with Crippen molar-refractivity contribution in [3.8, 4) is 23.4 Å². The Balaban J connectivity index is 1.83. The summed E-state index contributed by atoms with van der Waals surface area (Å²) >= 11 is 0. The van der Waals surface area contributed by atoms with Crippen LogP contribution in [0.3, 0.4) is 0 Å². The predicted octanol–water partition coefficient (Wildman–Crippen LogP) is 3.37. The maximum atomic E-state index is 12.0. The molecule has 0 aliphatic carbocycles. The summed E-state index contributed by atoms with van der Waals surface area (Å²) in [6.45, 7) is 3.91. The summed E-state index contributed by atoms with van der Waals surface area (Å²) < 4.78 is 17.8. The molecule has 0 bridgehead atoms. The molecule has 0 fully saturated rings. The fourth-order valence-corrected chi connectivity index (χ4v) is 3.66. The van der Waals surface area contributed by atoms with Gasteiger partial charge in [0.2, 0.25) is 5.88 Å². The Morgan fingerprint density at radius 3 is 2.50 bits per heavy atom. The van der Waals surface area contributed by atoms with Gasteiger partial charge in [0, 0.05) is 5.57 Å². The van der Waals surface area contributed by atoms with Crippen LogP contribution >= 0.6 is 0 Å². The normalized spacial score (nSPS) is 14.9. The zero-order valence-corrected chi connectivity index (χ0v) is 18.0. The number of methoxy groups -OCH3 is 1. The van der Waals surface area contributed by atoms with Crippen molar-refractivity contribution in [2.45, 2.75) is 20.1 Å². The van der Waals surface area contributed by atoms with E-state index < -0.39 is 6.23 Å². The maximum Gasteiger partial charge on any atom is 0.338 e. The molecule has 0 saturated heterocycles. The van der Waals surface area contributed by atoms with Crippen molar-refractivity contribution in [1.82, 2.24) is 9.78 Å². The Hall–Kier alpha value is -4.09. The maximum absolute atomic E-state index is 12.0. The topological polar surface area (TPSA) is 112 Å². The number of aryl methyl sites for hydroxylation is 1. The van der Waals surface area contributed by atoms with Crippen molar-refractivity contribution in [2.24, 2.45) is 5.73 Å². The molecule has 32 heavy (non-hydrogen) atoms. The molecule has 0 amide bonds. The number of rotatable bonds is 5. The minimum absolute atomic E-state index is 0.305. The smallest absolute Gasteiger partial charge is 0.338 e. The van der Waals surface area contributed by atoms with Crippen molar-refractivity contribution in [3.05, 3.63) is 76.5 Å². The number of nitrogens with two attached hydrogens (primary N) is 1. The minimum atomic E-state index is -0.946. The van der Waals surface area contributed by atoms with Crippen molar-refractivity contribution in [3.63, 3.8) is 0 Å². The third-order valence-corrected chi connectivity index (χ3v) is 5.18. The van der Waals surface area contributed by atoms with E-state index in [0.29, 0.717) is 51.9 Å². The third kappa shape index (κ3) is 3.59. The lowest BCUT2D eigenvalue weighted by molar-refractivity contribution is 0.0526. The fraction of sp³-hybridized carbons (Fsp3) is 0.208. The van der Waals surface area contributed by atoms with Crippen LogP contribution in [0.15, 0.2) is 54.1 Å². The number of fused-ring (bicyclic) bond motifs is 1. The molecule has 162 valence electrons. The van der Waals surface area contributed by atoms with Crippen LogP contribution in [0.1, 0.15) is 34.1 Å². The van der Waals surface area contributed by atoms with E-state index in [1.54, 1.807) is 43.0 Å². The van der Waals surface area contributed by atoms with Crippen LogP contribution in [0.5, 0.6) is 11.6 Å². The summed E-state index contributed by atoms with van der Waals surface area (Å²) in [5.74, 6) is 0.752. The summed E-state index contributed by atoms with van der Waals surface area (Å²) in [4.78, 5) is 12.0. The van der Waals surface area contributed by atoms with Crippen LogP contribution in [0, 0.1) is 18.3 Å². The molecule has 1 aliphatic heterocycles. The molecule has 1 aliphatic rings. The van der Waals surface area contributed by atoms with Crippen LogP contribution in [0.2, 0.25) is 0 Å². The first-order valence-corrected chi connectivity index (χ1v) is 10.1. The molecular weight excluding hydrogens is 408 g/mol. The first kappa shape index (κ1) is 21.2. The number of nitrogens with zero attached hydrogens (tertiary/aromatic N) is 3. The largest absolute Gasteiger partial charge is 0.497 e. The molecule has 8 heteroatoms. The molecule has 2 aromatic carbocycles. The lowest BCUT2D eigenvalue weighted by atomic mass is 9.91. The van der Waals surface area contributed by atoms with E-state index >= 15 is 0 Å². The van der Waals surface area contributed by atoms with E-state index in [1.807, 2.05) is 31.2 Å². The second-order valence-corrected chi connectivity index (χ2v) is 7.11. The summed E-state index contributed by atoms with van der Waals surface area (Å²) in [7, 11) is 1.60. The Bertz CT molecular complexity index is 1230. The Morgan fingerprint density at radius 1 is 1.22 bits per heavy atom. The van der Waals surface area contributed by atoms with E-state index in [4.69, 9.17) is 19.9 Å². The van der Waals surface area contributed by atoms with Gasteiger partial charge in [-0.25, -0.2) is 9.48 Å². The van der Waals surface area contributed by atoms with E-state index in [-0.39, 0.29) is 5.97 Å². The highest BCUT2D eigenvalue weighted by atomic mass is 16.5. The van der Waals surface area contributed by atoms with Crippen molar-refractivity contribution < 1.29 is 19.0 Å². The average molecular weight is 430 g/mol. The van der Waals surface area contributed by atoms with Crippen LogP contribution in [0.25, 0.3) is 11.3 Å². The van der Waals surface area contributed by atoms with Gasteiger partial charge in [0.25, 0.3) is 0 Å². The van der Waals surface area contributed by atoms with E-state index in [1.165, 1.54) is 0 Å². The van der Waals surface area contributed by atoms with Gasteiger partial charge in [-0.15, -0.1) is 0 Å². The SMILES string of the molecule is CCOC(=O)c1ccc(-n2nc(C)c3c2OC(N)C(C#N)=C3c2ccc(OC)cc2)cc1. The van der Waals surface area contributed by atoms with E-state index in [2.05, 4.69) is 11.2 Å². The number of aromatic nitrogens is 2. The van der Waals surface area contributed by atoms with Gasteiger partial charge in [-0.05, 0) is 55.8 Å². The average Bonchev–Trinajstić information content (AvgIpc) is 3.14. The minimum Gasteiger partial charge on any atom is -0.497 e.